The lowest BCUT2D eigenvalue weighted by atomic mass is 10.1. The van der Waals surface area contributed by atoms with E-state index < -0.39 is 0 Å². The highest BCUT2D eigenvalue weighted by Crippen LogP contribution is 2.38. The van der Waals surface area contributed by atoms with Gasteiger partial charge in [-0.15, -0.1) is 0 Å². The average molecular weight is 272 g/mol. The predicted molar refractivity (Wildman–Crippen MR) is 60.3 cm³/mol. The molecule has 0 bridgehead atoms. The van der Waals surface area contributed by atoms with Gasteiger partial charge < -0.3 is 4.84 Å². The molecule has 1 saturated carbocycles. The number of nitrogens with two attached hydrogens (primary N) is 1. The third-order valence-electron chi connectivity index (χ3n) is 2.55. The summed E-state index contributed by atoms with van der Waals surface area (Å²) in [6.07, 6.45) is 4.24. The Kier molecular flexibility index (Phi) is 3.33. The van der Waals surface area contributed by atoms with Crippen LogP contribution >= 0.6 is 15.9 Å². The molecule has 0 saturated heterocycles. The summed E-state index contributed by atoms with van der Waals surface area (Å²) in [4.78, 5) is 13.5. The average Bonchev–Trinajstić information content (AvgIpc) is 3.02. The van der Waals surface area contributed by atoms with Crippen molar-refractivity contribution < 1.29 is 4.84 Å². The fourth-order valence-corrected chi connectivity index (χ4v) is 2.08. The first kappa shape index (κ1) is 11.0. The Labute approximate surface area is 97.3 Å². The van der Waals surface area contributed by atoms with Crippen LogP contribution in [0.3, 0.4) is 0 Å². The van der Waals surface area contributed by atoms with Crippen LogP contribution in [0.5, 0.6) is 0 Å². The van der Waals surface area contributed by atoms with E-state index in [1.165, 1.54) is 12.8 Å². The third kappa shape index (κ3) is 2.53. The predicted octanol–water partition coefficient (Wildman–Crippen LogP) is 2.11. The van der Waals surface area contributed by atoms with E-state index in [1.807, 2.05) is 13.1 Å². The molecular weight excluding hydrogens is 258 g/mol. The maximum atomic E-state index is 5.07. The van der Waals surface area contributed by atoms with Gasteiger partial charge in [-0.05, 0) is 28.8 Å². The molecule has 0 radical (unpaired) electrons. The number of halogens is 1. The molecule has 0 amide bonds. The van der Waals surface area contributed by atoms with Gasteiger partial charge in [0, 0.05) is 18.0 Å². The summed E-state index contributed by atoms with van der Waals surface area (Å²) in [7, 11) is 0. The van der Waals surface area contributed by atoms with Crippen LogP contribution < -0.4 is 5.90 Å². The Balaban J connectivity index is 2.23. The maximum absolute atomic E-state index is 5.07. The second kappa shape index (κ2) is 4.55. The van der Waals surface area contributed by atoms with Gasteiger partial charge in [0.15, 0.2) is 0 Å². The lowest BCUT2D eigenvalue weighted by molar-refractivity contribution is 0.125. The molecule has 2 N–H and O–H groups in total. The number of nitrogens with zero attached hydrogens (tertiary/aromatic N) is 2. The van der Waals surface area contributed by atoms with Gasteiger partial charge in [0.1, 0.15) is 5.82 Å². The van der Waals surface area contributed by atoms with Gasteiger partial charge in [-0.25, -0.2) is 15.9 Å². The van der Waals surface area contributed by atoms with E-state index in [2.05, 4.69) is 30.7 Å². The molecule has 1 atom stereocenters. The Bertz CT molecular complexity index is 355. The standard InChI is InChI=1S/C10H14BrN3O/c1-6(5-15-12)9-8(11)4-13-10(14-9)7-2-3-7/h4,6-7H,2-3,5,12H2,1H3. The molecule has 1 unspecified atom stereocenters. The van der Waals surface area contributed by atoms with Crippen molar-refractivity contribution in [3.8, 4) is 0 Å². The Hall–Kier alpha value is -0.520. The smallest absolute Gasteiger partial charge is 0.131 e. The Morgan fingerprint density at radius 2 is 2.40 bits per heavy atom. The number of aromatic nitrogens is 2. The minimum absolute atomic E-state index is 0.185. The molecule has 82 valence electrons. The normalized spacial score (nSPS) is 17.8. The highest BCUT2D eigenvalue weighted by atomic mass is 79.9. The summed E-state index contributed by atoms with van der Waals surface area (Å²) in [5.41, 5.74) is 0.984. The summed E-state index contributed by atoms with van der Waals surface area (Å²) >= 11 is 3.45. The largest absolute Gasteiger partial charge is 0.304 e. The topological polar surface area (TPSA) is 61.0 Å². The van der Waals surface area contributed by atoms with E-state index in [9.17, 15) is 0 Å². The van der Waals surface area contributed by atoms with E-state index in [0.29, 0.717) is 12.5 Å². The second-order valence-corrected chi connectivity index (χ2v) is 4.82. The molecule has 1 aliphatic rings. The quantitative estimate of drug-likeness (QED) is 0.853. The summed E-state index contributed by atoms with van der Waals surface area (Å²) < 4.78 is 0.927. The molecule has 1 heterocycles. The van der Waals surface area contributed by atoms with Crippen LogP contribution in [-0.4, -0.2) is 16.6 Å². The molecule has 1 fully saturated rings. The van der Waals surface area contributed by atoms with Crippen LogP contribution in [0.4, 0.5) is 0 Å². The molecule has 1 aliphatic carbocycles. The van der Waals surface area contributed by atoms with Crippen molar-refractivity contribution in [2.75, 3.05) is 6.61 Å². The Morgan fingerprint density at radius 1 is 1.67 bits per heavy atom. The third-order valence-corrected chi connectivity index (χ3v) is 3.16. The van der Waals surface area contributed by atoms with Crippen LogP contribution in [0.1, 0.15) is 43.1 Å². The Morgan fingerprint density at radius 3 is 3.00 bits per heavy atom. The molecule has 4 nitrogen and oxygen atoms in total. The van der Waals surface area contributed by atoms with Crippen molar-refractivity contribution in [2.45, 2.75) is 31.6 Å². The van der Waals surface area contributed by atoms with Gasteiger partial charge in [-0.2, -0.15) is 0 Å². The lowest BCUT2D eigenvalue weighted by Gasteiger charge is -2.11. The molecule has 0 aromatic carbocycles. The molecule has 1 aromatic heterocycles. The van der Waals surface area contributed by atoms with E-state index >= 15 is 0 Å². The zero-order chi connectivity index (χ0) is 10.8. The molecule has 5 heteroatoms. The fourth-order valence-electron chi connectivity index (χ4n) is 1.50. The highest BCUT2D eigenvalue weighted by Gasteiger charge is 2.27. The van der Waals surface area contributed by atoms with Crippen molar-refractivity contribution in [1.29, 1.82) is 0 Å². The number of rotatable bonds is 4. The van der Waals surface area contributed by atoms with Gasteiger partial charge >= 0.3 is 0 Å². The van der Waals surface area contributed by atoms with E-state index in [-0.39, 0.29) is 5.92 Å². The molecule has 15 heavy (non-hydrogen) atoms. The van der Waals surface area contributed by atoms with Crippen molar-refractivity contribution in [1.82, 2.24) is 9.97 Å². The molecule has 0 aliphatic heterocycles. The van der Waals surface area contributed by atoms with Crippen molar-refractivity contribution >= 4 is 15.9 Å². The number of hydrogen-bond donors (Lipinski definition) is 1. The van der Waals surface area contributed by atoms with Gasteiger partial charge in [-0.3, -0.25) is 0 Å². The van der Waals surface area contributed by atoms with Gasteiger partial charge in [0.25, 0.3) is 0 Å². The van der Waals surface area contributed by atoms with E-state index in [4.69, 9.17) is 5.90 Å². The minimum atomic E-state index is 0.185. The first-order valence-corrected chi connectivity index (χ1v) is 5.85. The van der Waals surface area contributed by atoms with Crippen LogP contribution in [0.15, 0.2) is 10.7 Å². The fraction of sp³-hybridized carbons (Fsp3) is 0.600. The van der Waals surface area contributed by atoms with E-state index in [1.54, 1.807) is 0 Å². The molecule has 2 rings (SSSR count). The minimum Gasteiger partial charge on any atom is -0.304 e. The molecule has 0 spiro atoms. The summed E-state index contributed by atoms with van der Waals surface area (Å²) in [6, 6.07) is 0. The van der Waals surface area contributed by atoms with E-state index in [0.717, 1.165) is 16.0 Å². The zero-order valence-corrected chi connectivity index (χ0v) is 10.2. The molecule has 1 aromatic rings. The van der Waals surface area contributed by atoms with Crippen LogP contribution in [0.25, 0.3) is 0 Å². The van der Waals surface area contributed by atoms with Crippen molar-refractivity contribution in [3.05, 3.63) is 22.2 Å². The first-order chi connectivity index (χ1) is 7.22. The maximum Gasteiger partial charge on any atom is 0.131 e. The lowest BCUT2D eigenvalue weighted by Crippen LogP contribution is -2.11. The van der Waals surface area contributed by atoms with Crippen molar-refractivity contribution in [3.63, 3.8) is 0 Å². The zero-order valence-electron chi connectivity index (χ0n) is 8.61. The van der Waals surface area contributed by atoms with Crippen LogP contribution in [-0.2, 0) is 4.84 Å². The van der Waals surface area contributed by atoms with Crippen LogP contribution in [0.2, 0.25) is 0 Å². The van der Waals surface area contributed by atoms with Gasteiger partial charge in [0.2, 0.25) is 0 Å². The van der Waals surface area contributed by atoms with Gasteiger partial charge in [-0.1, -0.05) is 6.92 Å². The summed E-state index contributed by atoms with van der Waals surface area (Å²) in [5, 5.41) is 0. The van der Waals surface area contributed by atoms with Crippen LogP contribution in [0, 0.1) is 0 Å². The number of hydrogen-bond acceptors (Lipinski definition) is 4. The van der Waals surface area contributed by atoms with Crippen molar-refractivity contribution in [2.24, 2.45) is 5.90 Å². The molecular formula is C10H14BrN3O. The summed E-state index contributed by atoms with van der Waals surface area (Å²) in [6.45, 7) is 2.51. The second-order valence-electron chi connectivity index (χ2n) is 3.97. The monoisotopic (exact) mass is 271 g/mol. The summed E-state index contributed by atoms with van der Waals surface area (Å²) in [5.74, 6) is 6.78. The van der Waals surface area contributed by atoms with Gasteiger partial charge in [0.05, 0.1) is 16.8 Å². The SMILES string of the molecule is CC(CON)c1nc(C2CC2)ncc1Br. The first-order valence-electron chi connectivity index (χ1n) is 5.06. The highest BCUT2D eigenvalue weighted by molar-refractivity contribution is 9.10.